The molecule has 0 heterocycles. The molecular weight excluding hydrogens is 515 g/mol. The van der Waals surface area contributed by atoms with Crippen LogP contribution in [0.3, 0.4) is 0 Å². The minimum atomic E-state index is -4.38. The molecule has 0 aliphatic rings. The summed E-state index contributed by atoms with van der Waals surface area (Å²) in [6.07, 6.45) is -4.23. The summed E-state index contributed by atoms with van der Waals surface area (Å²) >= 11 is 0. The van der Waals surface area contributed by atoms with Crippen molar-refractivity contribution in [1.82, 2.24) is 0 Å². The minimum Gasteiger partial charge on any atom is -0.506 e. The van der Waals surface area contributed by atoms with Gasteiger partial charge in [0.15, 0.2) is 0 Å². The smallest absolute Gasteiger partial charge is 0.416 e. The van der Waals surface area contributed by atoms with Crippen LogP contribution in [0, 0.1) is 0 Å². The Morgan fingerprint density at radius 3 is 1.77 bits per heavy atom. The summed E-state index contributed by atoms with van der Waals surface area (Å²) in [5.74, 6) is 0.419. The van der Waals surface area contributed by atoms with Gasteiger partial charge in [-0.1, -0.05) is 78.9 Å². The number of carbonyl (C=O) groups excluding carboxylic acids is 1. The van der Waals surface area contributed by atoms with E-state index >= 15 is 0 Å². The van der Waals surface area contributed by atoms with Crippen LogP contribution >= 0.6 is 0 Å². The topological polar surface area (TPSA) is 58.6 Å². The number of carbonyl (C=O) groups is 1. The zero-order valence-electron chi connectivity index (χ0n) is 21.2. The fourth-order valence-electron chi connectivity index (χ4n) is 4.21. The molecule has 40 heavy (non-hydrogen) atoms. The highest BCUT2D eigenvalue weighted by atomic mass is 19.4. The lowest BCUT2D eigenvalue weighted by Gasteiger charge is -2.11. The van der Waals surface area contributed by atoms with Gasteiger partial charge in [-0.2, -0.15) is 13.2 Å². The fourth-order valence-corrected chi connectivity index (χ4v) is 4.21. The van der Waals surface area contributed by atoms with E-state index in [0.717, 1.165) is 34.4 Å². The molecule has 0 aromatic heterocycles. The average Bonchev–Trinajstić information content (AvgIpc) is 2.95. The van der Waals surface area contributed by atoms with E-state index in [-0.39, 0.29) is 23.8 Å². The van der Waals surface area contributed by atoms with Crippen molar-refractivity contribution >= 4 is 11.6 Å². The lowest BCUT2D eigenvalue weighted by atomic mass is 10.0. The first kappa shape index (κ1) is 26.6. The number of hydrogen-bond acceptors (Lipinski definition) is 3. The number of rotatable bonds is 7. The third-order valence-electron chi connectivity index (χ3n) is 6.30. The highest BCUT2D eigenvalue weighted by Crippen LogP contribution is 2.33. The van der Waals surface area contributed by atoms with Gasteiger partial charge in [-0.05, 0) is 64.2 Å². The van der Waals surface area contributed by atoms with Crippen LogP contribution < -0.4 is 10.1 Å². The lowest BCUT2D eigenvalue weighted by Crippen LogP contribution is -2.14. The maximum atomic E-state index is 12.8. The molecule has 5 aromatic rings. The van der Waals surface area contributed by atoms with Crippen molar-refractivity contribution in [3.63, 3.8) is 0 Å². The summed E-state index contributed by atoms with van der Waals surface area (Å²) in [4.78, 5) is 12.6. The predicted molar refractivity (Wildman–Crippen MR) is 149 cm³/mol. The van der Waals surface area contributed by atoms with Gasteiger partial charge in [-0.25, -0.2) is 0 Å². The number of phenols is 1. The fraction of sp³-hybridized carbons (Fsp3) is 0.0606. The monoisotopic (exact) mass is 539 g/mol. The van der Waals surface area contributed by atoms with Crippen molar-refractivity contribution in [3.8, 4) is 39.5 Å². The largest absolute Gasteiger partial charge is 0.506 e. The number of phenolic OH excluding ortho intramolecular Hbond substituents is 1. The molecule has 0 radical (unpaired) electrons. The molecule has 0 aliphatic carbocycles. The Hall–Kier alpha value is -5.04. The normalized spacial score (nSPS) is 11.2. The van der Waals surface area contributed by atoms with Gasteiger partial charge in [0.1, 0.15) is 17.2 Å². The van der Waals surface area contributed by atoms with Crippen molar-refractivity contribution < 1.29 is 27.8 Å². The molecule has 5 aromatic carbocycles. The number of hydrogen-bond donors (Lipinski definition) is 2. The van der Waals surface area contributed by atoms with Gasteiger partial charge < -0.3 is 15.2 Å². The van der Waals surface area contributed by atoms with Gasteiger partial charge in [0, 0.05) is 6.07 Å². The Balaban J connectivity index is 1.18. The maximum Gasteiger partial charge on any atom is 0.416 e. The van der Waals surface area contributed by atoms with Crippen LogP contribution in [0.25, 0.3) is 22.3 Å². The Morgan fingerprint density at radius 2 is 1.20 bits per heavy atom. The Kier molecular flexibility index (Phi) is 7.55. The van der Waals surface area contributed by atoms with Gasteiger partial charge in [0.2, 0.25) is 5.91 Å². The van der Waals surface area contributed by atoms with Gasteiger partial charge >= 0.3 is 6.18 Å². The molecule has 0 atom stereocenters. The predicted octanol–water partition coefficient (Wildman–Crippen LogP) is 8.72. The Labute approximate surface area is 229 Å². The second kappa shape index (κ2) is 11.4. The van der Waals surface area contributed by atoms with Gasteiger partial charge in [0.05, 0.1) is 17.7 Å². The molecule has 7 heteroatoms. The highest BCUT2D eigenvalue weighted by Gasteiger charge is 2.29. The number of aromatic hydroxyl groups is 1. The summed E-state index contributed by atoms with van der Waals surface area (Å²) in [6, 6.07) is 34.0. The maximum absolute atomic E-state index is 12.8. The van der Waals surface area contributed by atoms with Gasteiger partial charge in [0.25, 0.3) is 0 Å². The zero-order chi connectivity index (χ0) is 28.1. The molecule has 0 fully saturated rings. The second-order valence-corrected chi connectivity index (χ2v) is 9.17. The van der Waals surface area contributed by atoms with Crippen LogP contribution in [-0.2, 0) is 17.4 Å². The molecule has 0 saturated heterocycles. The summed E-state index contributed by atoms with van der Waals surface area (Å²) in [7, 11) is 0. The number of amides is 1. The number of halogens is 3. The first-order chi connectivity index (χ1) is 19.2. The minimum absolute atomic E-state index is 0.147. The molecule has 5 rings (SSSR count). The number of ether oxygens (including phenoxy) is 1. The van der Waals surface area contributed by atoms with Crippen molar-refractivity contribution in [2.24, 2.45) is 0 Å². The van der Waals surface area contributed by atoms with Gasteiger partial charge in [-0.3, -0.25) is 4.79 Å². The van der Waals surface area contributed by atoms with E-state index in [1.807, 2.05) is 54.6 Å². The van der Waals surface area contributed by atoms with Crippen LogP contribution in [0.2, 0.25) is 0 Å². The van der Waals surface area contributed by atoms with Gasteiger partial charge in [-0.15, -0.1) is 0 Å². The van der Waals surface area contributed by atoms with E-state index in [0.29, 0.717) is 17.1 Å². The number of benzene rings is 5. The first-order valence-corrected chi connectivity index (χ1v) is 12.5. The zero-order valence-corrected chi connectivity index (χ0v) is 21.2. The first-order valence-electron chi connectivity index (χ1n) is 12.5. The van der Waals surface area contributed by atoms with E-state index in [1.165, 1.54) is 18.2 Å². The molecule has 4 nitrogen and oxygen atoms in total. The number of alkyl halides is 3. The Morgan fingerprint density at radius 1 is 0.675 bits per heavy atom. The summed E-state index contributed by atoms with van der Waals surface area (Å²) in [5.41, 5.74) is 3.94. The van der Waals surface area contributed by atoms with Crippen LogP contribution in [0.15, 0.2) is 121 Å². The standard InChI is InChI=1S/C33H24F3NO3/c34-33(35,36)27-14-10-25(11-15-27)26-12-16-28(17-13-26)40-29-18-19-30(31(38)21-29)37-32(39)20-22-6-8-24(9-7-22)23-4-2-1-3-5-23/h1-19,21,38H,20H2,(H,37,39). The highest BCUT2D eigenvalue weighted by molar-refractivity contribution is 5.93. The number of nitrogens with one attached hydrogen (secondary N) is 1. The molecular formula is C33H24F3NO3. The van der Waals surface area contributed by atoms with Crippen LogP contribution in [0.1, 0.15) is 11.1 Å². The molecule has 200 valence electrons. The third kappa shape index (κ3) is 6.50. The van der Waals surface area contributed by atoms with Crippen LogP contribution in [-0.4, -0.2) is 11.0 Å². The van der Waals surface area contributed by atoms with Crippen molar-refractivity contribution in [1.29, 1.82) is 0 Å². The summed E-state index contributed by atoms with van der Waals surface area (Å²) in [5, 5.41) is 13.2. The molecule has 0 unspecified atom stereocenters. The van der Waals surface area contributed by atoms with Crippen molar-refractivity contribution in [2.75, 3.05) is 5.32 Å². The molecule has 0 bridgehead atoms. The number of anilines is 1. The molecule has 0 saturated carbocycles. The molecule has 2 N–H and O–H groups in total. The SMILES string of the molecule is O=C(Cc1ccc(-c2ccccc2)cc1)Nc1ccc(Oc2ccc(-c3ccc(C(F)(F)F)cc3)cc2)cc1O. The lowest BCUT2D eigenvalue weighted by molar-refractivity contribution is -0.137. The van der Waals surface area contributed by atoms with E-state index in [1.54, 1.807) is 36.4 Å². The average molecular weight is 540 g/mol. The summed E-state index contributed by atoms with van der Waals surface area (Å²) < 4.78 is 44.2. The molecule has 1 amide bonds. The van der Waals surface area contributed by atoms with E-state index in [9.17, 15) is 23.1 Å². The van der Waals surface area contributed by atoms with E-state index in [2.05, 4.69) is 5.32 Å². The van der Waals surface area contributed by atoms with Crippen molar-refractivity contribution in [2.45, 2.75) is 12.6 Å². The molecule has 0 aliphatic heterocycles. The van der Waals surface area contributed by atoms with Crippen LogP contribution in [0.5, 0.6) is 17.2 Å². The van der Waals surface area contributed by atoms with Crippen molar-refractivity contribution in [3.05, 3.63) is 132 Å². The summed E-state index contributed by atoms with van der Waals surface area (Å²) in [6.45, 7) is 0. The van der Waals surface area contributed by atoms with E-state index < -0.39 is 11.7 Å². The second-order valence-electron chi connectivity index (χ2n) is 9.17. The van der Waals surface area contributed by atoms with E-state index in [4.69, 9.17) is 4.74 Å². The molecule has 0 spiro atoms. The quantitative estimate of drug-likeness (QED) is 0.203. The van der Waals surface area contributed by atoms with Crippen LogP contribution in [0.4, 0.5) is 18.9 Å². The Bertz CT molecular complexity index is 1600. The third-order valence-corrected chi connectivity index (χ3v) is 6.30.